The van der Waals surface area contributed by atoms with Crippen molar-refractivity contribution in [2.45, 2.75) is 38.1 Å². The van der Waals surface area contributed by atoms with Crippen molar-refractivity contribution in [2.75, 3.05) is 5.32 Å². The zero-order chi connectivity index (χ0) is 16.9. The molecule has 0 atom stereocenters. The summed E-state index contributed by atoms with van der Waals surface area (Å²) in [6.45, 7) is 0. The maximum absolute atomic E-state index is 12.2. The first-order valence-electron chi connectivity index (χ1n) is 7.97. The van der Waals surface area contributed by atoms with Crippen LogP contribution in [-0.2, 0) is 0 Å². The Morgan fingerprint density at radius 2 is 1.79 bits per heavy atom. The molecule has 5 nitrogen and oxygen atoms in total. The van der Waals surface area contributed by atoms with Crippen LogP contribution in [0.15, 0.2) is 30.6 Å². The van der Waals surface area contributed by atoms with Crippen LogP contribution < -0.4 is 10.6 Å². The standard InChI is InChI=1S/C17H18Cl2N4O/c18-12-6-7-15(14(19)8-12)23-17-20-9-11(10-21-17)16(24)22-13-4-2-1-3-5-13/h6-10,13H,1-5H2,(H,22,24)(H,20,21,23). The molecule has 3 rings (SSSR count). The minimum atomic E-state index is -0.127. The number of rotatable bonds is 4. The van der Waals surface area contributed by atoms with Gasteiger partial charge in [0.05, 0.1) is 16.3 Å². The molecule has 0 bridgehead atoms. The number of hydrogen-bond acceptors (Lipinski definition) is 4. The summed E-state index contributed by atoms with van der Waals surface area (Å²) in [6, 6.07) is 5.37. The molecular formula is C17H18Cl2N4O. The molecule has 1 aromatic heterocycles. The lowest BCUT2D eigenvalue weighted by Gasteiger charge is -2.22. The van der Waals surface area contributed by atoms with Gasteiger partial charge in [0.15, 0.2) is 0 Å². The van der Waals surface area contributed by atoms with Gasteiger partial charge >= 0.3 is 0 Å². The van der Waals surface area contributed by atoms with Crippen molar-refractivity contribution in [3.8, 4) is 0 Å². The lowest BCUT2D eigenvalue weighted by atomic mass is 9.95. The van der Waals surface area contributed by atoms with Crippen molar-refractivity contribution in [1.29, 1.82) is 0 Å². The van der Waals surface area contributed by atoms with Gasteiger partial charge in [0.2, 0.25) is 5.95 Å². The first kappa shape index (κ1) is 17.0. The lowest BCUT2D eigenvalue weighted by molar-refractivity contribution is 0.0927. The van der Waals surface area contributed by atoms with Crippen LogP contribution in [0.4, 0.5) is 11.6 Å². The van der Waals surface area contributed by atoms with E-state index in [1.165, 1.54) is 31.7 Å². The average Bonchev–Trinajstić information content (AvgIpc) is 2.59. The fraction of sp³-hybridized carbons (Fsp3) is 0.353. The second-order valence-electron chi connectivity index (χ2n) is 5.85. The Balaban J connectivity index is 1.63. The van der Waals surface area contributed by atoms with E-state index in [9.17, 15) is 4.79 Å². The van der Waals surface area contributed by atoms with Crippen LogP contribution in [-0.4, -0.2) is 21.9 Å². The van der Waals surface area contributed by atoms with Crippen molar-refractivity contribution >= 4 is 40.7 Å². The van der Waals surface area contributed by atoms with Crippen LogP contribution >= 0.6 is 23.2 Å². The fourth-order valence-corrected chi connectivity index (χ4v) is 3.19. The number of hydrogen-bond donors (Lipinski definition) is 2. The number of carbonyl (C=O) groups is 1. The summed E-state index contributed by atoms with van der Waals surface area (Å²) in [7, 11) is 0. The zero-order valence-corrected chi connectivity index (χ0v) is 14.6. The van der Waals surface area contributed by atoms with Crippen LogP contribution in [0.2, 0.25) is 10.0 Å². The molecule has 0 unspecified atom stereocenters. The molecule has 126 valence electrons. The zero-order valence-electron chi connectivity index (χ0n) is 13.1. The van der Waals surface area contributed by atoms with Crippen LogP contribution in [0.5, 0.6) is 0 Å². The Hall–Kier alpha value is -1.85. The van der Waals surface area contributed by atoms with E-state index in [2.05, 4.69) is 20.6 Å². The van der Waals surface area contributed by atoms with E-state index in [0.29, 0.717) is 27.2 Å². The highest BCUT2D eigenvalue weighted by Gasteiger charge is 2.17. The fourth-order valence-electron chi connectivity index (χ4n) is 2.74. The maximum Gasteiger partial charge on any atom is 0.254 e. The monoisotopic (exact) mass is 364 g/mol. The molecule has 1 amide bonds. The molecule has 1 heterocycles. The highest BCUT2D eigenvalue weighted by Crippen LogP contribution is 2.27. The molecule has 2 aromatic rings. The number of benzene rings is 1. The van der Waals surface area contributed by atoms with Gasteiger partial charge in [-0.15, -0.1) is 0 Å². The van der Waals surface area contributed by atoms with Gasteiger partial charge < -0.3 is 10.6 Å². The molecule has 1 fully saturated rings. The Kier molecular flexibility index (Phi) is 5.53. The maximum atomic E-state index is 12.2. The highest BCUT2D eigenvalue weighted by molar-refractivity contribution is 6.36. The molecule has 0 aliphatic heterocycles. The molecule has 7 heteroatoms. The third-order valence-electron chi connectivity index (χ3n) is 4.03. The van der Waals surface area contributed by atoms with E-state index >= 15 is 0 Å². The predicted molar refractivity (Wildman–Crippen MR) is 96.1 cm³/mol. The van der Waals surface area contributed by atoms with E-state index in [1.54, 1.807) is 18.2 Å². The number of nitrogens with one attached hydrogen (secondary N) is 2. The van der Waals surface area contributed by atoms with Gasteiger partial charge in [-0.2, -0.15) is 0 Å². The smallest absolute Gasteiger partial charge is 0.254 e. The average molecular weight is 365 g/mol. The lowest BCUT2D eigenvalue weighted by Crippen LogP contribution is -2.36. The number of nitrogens with zero attached hydrogens (tertiary/aromatic N) is 2. The van der Waals surface area contributed by atoms with E-state index < -0.39 is 0 Å². The molecule has 0 saturated heterocycles. The summed E-state index contributed by atoms with van der Waals surface area (Å²) < 4.78 is 0. The van der Waals surface area contributed by atoms with Gasteiger partial charge in [0.1, 0.15) is 0 Å². The van der Waals surface area contributed by atoms with Crippen molar-refractivity contribution in [3.05, 3.63) is 46.2 Å². The van der Waals surface area contributed by atoms with Crippen molar-refractivity contribution in [1.82, 2.24) is 15.3 Å². The molecule has 2 N–H and O–H groups in total. The molecule has 1 aliphatic carbocycles. The topological polar surface area (TPSA) is 66.9 Å². The van der Waals surface area contributed by atoms with Gasteiger partial charge in [0.25, 0.3) is 5.91 Å². The van der Waals surface area contributed by atoms with Crippen molar-refractivity contribution < 1.29 is 4.79 Å². The van der Waals surface area contributed by atoms with Gasteiger partial charge in [0, 0.05) is 23.5 Å². The van der Waals surface area contributed by atoms with Gasteiger partial charge in [-0.3, -0.25) is 4.79 Å². The summed E-state index contributed by atoms with van der Waals surface area (Å²) >= 11 is 12.0. The summed E-state index contributed by atoms with van der Waals surface area (Å²) in [4.78, 5) is 20.6. The number of carbonyl (C=O) groups excluding carboxylic acids is 1. The summed E-state index contributed by atoms with van der Waals surface area (Å²) in [5, 5.41) is 7.08. The molecule has 1 aliphatic rings. The minimum absolute atomic E-state index is 0.127. The molecule has 0 spiro atoms. The Labute approximate surface area is 150 Å². The van der Waals surface area contributed by atoms with Crippen molar-refractivity contribution in [2.24, 2.45) is 0 Å². The van der Waals surface area contributed by atoms with Gasteiger partial charge in [-0.1, -0.05) is 42.5 Å². The molecular weight excluding hydrogens is 347 g/mol. The summed E-state index contributed by atoms with van der Waals surface area (Å²) in [5.41, 5.74) is 1.11. The number of aromatic nitrogens is 2. The van der Waals surface area contributed by atoms with E-state index in [-0.39, 0.29) is 11.9 Å². The minimum Gasteiger partial charge on any atom is -0.349 e. The van der Waals surface area contributed by atoms with Gasteiger partial charge in [-0.25, -0.2) is 9.97 Å². The summed E-state index contributed by atoms with van der Waals surface area (Å²) in [5.74, 6) is 0.242. The number of anilines is 2. The molecule has 0 radical (unpaired) electrons. The van der Waals surface area contributed by atoms with E-state index in [4.69, 9.17) is 23.2 Å². The normalized spacial score (nSPS) is 15.1. The van der Waals surface area contributed by atoms with E-state index in [0.717, 1.165) is 12.8 Å². The van der Waals surface area contributed by atoms with Crippen LogP contribution in [0.25, 0.3) is 0 Å². The second kappa shape index (κ2) is 7.81. The van der Waals surface area contributed by atoms with Crippen molar-refractivity contribution in [3.63, 3.8) is 0 Å². The largest absolute Gasteiger partial charge is 0.349 e. The van der Waals surface area contributed by atoms with Crippen LogP contribution in [0, 0.1) is 0 Å². The number of halogens is 2. The van der Waals surface area contributed by atoms with Crippen LogP contribution in [0.1, 0.15) is 42.5 Å². The number of amides is 1. The second-order valence-corrected chi connectivity index (χ2v) is 6.70. The Morgan fingerprint density at radius 1 is 1.08 bits per heavy atom. The van der Waals surface area contributed by atoms with E-state index in [1.807, 2.05) is 0 Å². The summed E-state index contributed by atoms with van der Waals surface area (Å²) in [6.07, 6.45) is 8.71. The SMILES string of the molecule is O=C(NC1CCCCC1)c1cnc(Nc2ccc(Cl)cc2Cl)nc1. The Morgan fingerprint density at radius 3 is 2.46 bits per heavy atom. The third-order valence-corrected chi connectivity index (χ3v) is 4.58. The molecule has 1 saturated carbocycles. The first-order valence-corrected chi connectivity index (χ1v) is 8.72. The Bertz CT molecular complexity index is 715. The quantitative estimate of drug-likeness (QED) is 0.832. The molecule has 1 aromatic carbocycles. The predicted octanol–water partition coefficient (Wildman–Crippen LogP) is 4.59. The third kappa shape index (κ3) is 4.36. The first-order chi connectivity index (χ1) is 11.6. The van der Waals surface area contributed by atoms with Gasteiger partial charge in [-0.05, 0) is 31.0 Å². The van der Waals surface area contributed by atoms with Crippen LogP contribution in [0.3, 0.4) is 0 Å². The molecule has 24 heavy (non-hydrogen) atoms. The highest BCUT2D eigenvalue weighted by atomic mass is 35.5.